The molecular weight excluding hydrogens is 430 g/mol. The second kappa shape index (κ2) is 8.37. The van der Waals surface area contributed by atoms with Crippen molar-refractivity contribution >= 4 is 45.6 Å². The maximum Gasteiger partial charge on any atom is 0.300 e. The van der Waals surface area contributed by atoms with Crippen molar-refractivity contribution in [2.45, 2.75) is 13.0 Å². The summed E-state index contributed by atoms with van der Waals surface area (Å²) in [6, 6.07) is 22.4. The van der Waals surface area contributed by atoms with Gasteiger partial charge in [-0.2, -0.15) is 0 Å². The van der Waals surface area contributed by atoms with E-state index in [4.69, 9.17) is 0 Å². The first kappa shape index (κ1) is 21.2. The van der Waals surface area contributed by atoms with Crippen molar-refractivity contribution in [1.29, 1.82) is 0 Å². The number of aliphatic hydroxyl groups excluding tert-OH is 1. The van der Waals surface area contributed by atoms with Gasteiger partial charge in [-0.25, -0.2) is 0 Å². The summed E-state index contributed by atoms with van der Waals surface area (Å²) in [6.45, 7) is 1.41. The van der Waals surface area contributed by atoms with Crippen LogP contribution in [-0.4, -0.2) is 27.7 Å². The lowest BCUT2D eigenvalue weighted by Gasteiger charge is -2.25. The standard InChI is InChI=1S/C27H21N3O4/c1-16(31)29-18-11-13-19(14-12-18)30-24(17-7-3-2-4-8-17)23(26(33)27(30)34)25(32)21-15-28-22-10-6-5-9-20(21)22/h2-15,24,28,32H,1H3,(H,29,31)/b25-23-. The Morgan fingerprint density at radius 1 is 0.941 bits per heavy atom. The van der Waals surface area contributed by atoms with Crippen LogP contribution < -0.4 is 10.2 Å². The number of carbonyl (C=O) groups excluding carboxylic acids is 3. The number of nitrogens with zero attached hydrogens (tertiary/aromatic N) is 1. The predicted octanol–water partition coefficient (Wildman–Crippen LogP) is 4.75. The maximum atomic E-state index is 13.3. The molecule has 168 valence electrons. The summed E-state index contributed by atoms with van der Waals surface area (Å²) in [7, 11) is 0. The van der Waals surface area contributed by atoms with Crippen LogP contribution in [0.3, 0.4) is 0 Å². The number of aromatic nitrogens is 1. The number of aliphatic hydroxyl groups is 1. The van der Waals surface area contributed by atoms with Crippen LogP contribution in [0.15, 0.2) is 90.6 Å². The van der Waals surface area contributed by atoms with Gasteiger partial charge in [0.2, 0.25) is 5.91 Å². The second-order valence-electron chi connectivity index (χ2n) is 8.06. The third-order valence-electron chi connectivity index (χ3n) is 5.87. The molecule has 0 bridgehead atoms. The van der Waals surface area contributed by atoms with E-state index >= 15 is 0 Å². The van der Waals surface area contributed by atoms with Crippen LogP contribution >= 0.6 is 0 Å². The third-order valence-corrected chi connectivity index (χ3v) is 5.87. The Kier molecular flexibility index (Phi) is 5.22. The molecule has 1 atom stereocenters. The number of benzene rings is 3. The third kappa shape index (κ3) is 3.53. The summed E-state index contributed by atoms with van der Waals surface area (Å²) < 4.78 is 0. The zero-order chi connectivity index (χ0) is 23.8. The number of Topliss-reactive ketones (excluding diaryl/α,β-unsaturated/α-hetero) is 1. The Bertz CT molecular complexity index is 1450. The first-order valence-corrected chi connectivity index (χ1v) is 10.8. The van der Waals surface area contributed by atoms with Crippen molar-refractivity contribution in [3.05, 3.63) is 102 Å². The van der Waals surface area contributed by atoms with Crippen molar-refractivity contribution in [3.8, 4) is 0 Å². The number of hydrogen-bond acceptors (Lipinski definition) is 4. The molecule has 0 spiro atoms. The van der Waals surface area contributed by atoms with E-state index in [0.29, 0.717) is 22.5 Å². The number of nitrogens with one attached hydrogen (secondary N) is 2. The molecule has 0 aliphatic carbocycles. The number of carbonyl (C=O) groups is 3. The number of anilines is 2. The maximum absolute atomic E-state index is 13.3. The molecule has 5 rings (SSSR count). The highest BCUT2D eigenvalue weighted by Gasteiger charge is 2.47. The van der Waals surface area contributed by atoms with Gasteiger partial charge in [-0.15, -0.1) is 0 Å². The van der Waals surface area contributed by atoms with Crippen LogP contribution in [0.5, 0.6) is 0 Å². The van der Waals surface area contributed by atoms with E-state index < -0.39 is 17.7 Å². The van der Waals surface area contributed by atoms with E-state index in [2.05, 4.69) is 10.3 Å². The topological polar surface area (TPSA) is 102 Å². The molecule has 1 fully saturated rings. The molecule has 34 heavy (non-hydrogen) atoms. The normalized spacial score (nSPS) is 17.3. The van der Waals surface area contributed by atoms with Crippen LogP contribution in [-0.2, 0) is 14.4 Å². The number of H-pyrrole nitrogens is 1. The van der Waals surface area contributed by atoms with Crippen LogP contribution in [0.4, 0.5) is 11.4 Å². The molecule has 1 aliphatic heterocycles. The van der Waals surface area contributed by atoms with Crippen molar-refractivity contribution in [2.24, 2.45) is 0 Å². The molecule has 0 radical (unpaired) electrons. The number of para-hydroxylation sites is 1. The van der Waals surface area contributed by atoms with E-state index in [1.807, 2.05) is 54.6 Å². The highest BCUT2D eigenvalue weighted by molar-refractivity contribution is 6.51. The highest BCUT2D eigenvalue weighted by Crippen LogP contribution is 2.43. The number of rotatable bonds is 4. The average Bonchev–Trinajstić information content (AvgIpc) is 3.39. The summed E-state index contributed by atoms with van der Waals surface area (Å²) >= 11 is 0. The van der Waals surface area contributed by atoms with Crippen LogP contribution in [0.2, 0.25) is 0 Å². The van der Waals surface area contributed by atoms with Crippen molar-refractivity contribution in [2.75, 3.05) is 10.2 Å². The highest BCUT2D eigenvalue weighted by atomic mass is 16.3. The van der Waals surface area contributed by atoms with Crippen molar-refractivity contribution in [3.63, 3.8) is 0 Å². The zero-order valence-corrected chi connectivity index (χ0v) is 18.3. The molecule has 0 saturated carbocycles. The van der Waals surface area contributed by atoms with E-state index in [-0.39, 0.29) is 17.2 Å². The Hall–Kier alpha value is -4.65. The minimum Gasteiger partial charge on any atom is -0.507 e. The molecule has 3 N–H and O–H groups in total. The minimum atomic E-state index is -0.818. The van der Waals surface area contributed by atoms with Gasteiger partial charge in [0, 0.05) is 41.0 Å². The molecule has 7 nitrogen and oxygen atoms in total. The molecule has 2 heterocycles. The number of fused-ring (bicyclic) bond motifs is 1. The van der Waals surface area contributed by atoms with Crippen molar-refractivity contribution in [1.82, 2.24) is 4.98 Å². The largest absolute Gasteiger partial charge is 0.507 e. The molecule has 1 aromatic heterocycles. The SMILES string of the molecule is CC(=O)Nc1ccc(N2C(=O)C(=O)/C(=C(\O)c3c[nH]c4ccccc34)C2c2ccccc2)cc1. The summed E-state index contributed by atoms with van der Waals surface area (Å²) in [5, 5.41) is 14.8. The average molecular weight is 451 g/mol. The quantitative estimate of drug-likeness (QED) is 0.237. The van der Waals surface area contributed by atoms with Gasteiger partial charge in [0.1, 0.15) is 5.76 Å². The van der Waals surface area contributed by atoms with Gasteiger partial charge >= 0.3 is 0 Å². The first-order valence-electron chi connectivity index (χ1n) is 10.8. The van der Waals surface area contributed by atoms with Gasteiger partial charge in [-0.3, -0.25) is 19.3 Å². The molecule has 2 amide bonds. The van der Waals surface area contributed by atoms with Gasteiger partial charge < -0.3 is 15.4 Å². The summed E-state index contributed by atoms with van der Waals surface area (Å²) in [6.07, 6.45) is 1.64. The molecule has 1 saturated heterocycles. The van der Waals surface area contributed by atoms with Gasteiger partial charge in [-0.1, -0.05) is 48.5 Å². The second-order valence-corrected chi connectivity index (χ2v) is 8.06. The Balaban J connectivity index is 1.68. The molecule has 1 aliphatic rings. The lowest BCUT2D eigenvalue weighted by molar-refractivity contribution is -0.132. The lowest BCUT2D eigenvalue weighted by atomic mass is 9.95. The number of amides is 2. The Labute approximate surface area is 195 Å². The van der Waals surface area contributed by atoms with Crippen LogP contribution in [0.1, 0.15) is 24.1 Å². The fourth-order valence-corrected chi connectivity index (χ4v) is 4.37. The van der Waals surface area contributed by atoms with Gasteiger partial charge in [-0.05, 0) is 35.9 Å². The Morgan fingerprint density at radius 3 is 2.32 bits per heavy atom. The van der Waals surface area contributed by atoms with Crippen LogP contribution in [0.25, 0.3) is 16.7 Å². The number of hydrogen-bond donors (Lipinski definition) is 3. The molecule has 4 aromatic rings. The minimum absolute atomic E-state index is 0.0203. The lowest BCUT2D eigenvalue weighted by Crippen LogP contribution is -2.29. The van der Waals surface area contributed by atoms with E-state index in [1.165, 1.54) is 11.8 Å². The Morgan fingerprint density at radius 2 is 1.62 bits per heavy atom. The first-order chi connectivity index (χ1) is 16.5. The zero-order valence-electron chi connectivity index (χ0n) is 18.3. The fraction of sp³-hybridized carbons (Fsp3) is 0.0741. The van der Waals surface area contributed by atoms with E-state index in [1.54, 1.807) is 30.5 Å². The summed E-state index contributed by atoms with van der Waals surface area (Å²) in [4.78, 5) is 42.4. The monoisotopic (exact) mass is 451 g/mol. The van der Waals surface area contributed by atoms with Gasteiger partial charge in [0.25, 0.3) is 11.7 Å². The smallest absolute Gasteiger partial charge is 0.300 e. The summed E-state index contributed by atoms with van der Waals surface area (Å²) in [5.74, 6) is -1.94. The summed E-state index contributed by atoms with van der Waals surface area (Å²) in [5.41, 5.74) is 3.02. The van der Waals surface area contributed by atoms with Crippen molar-refractivity contribution < 1.29 is 19.5 Å². The number of aromatic amines is 1. The molecule has 1 unspecified atom stereocenters. The van der Waals surface area contributed by atoms with E-state index in [9.17, 15) is 19.5 Å². The van der Waals surface area contributed by atoms with Gasteiger partial charge in [0.05, 0.1) is 11.6 Å². The predicted molar refractivity (Wildman–Crippen MR) is 130 cm³/mol. The number of ketones is 1. The van der Waals surface area contributed by atoms with Crippen LogP contribution in [0, 0.1) is 0 Å². The van der Waals surface area contributed by atoms with E-state index in [0.717, 1.165) is 10.9 Å². The molecular formula is C27H21N3O4. The molecule has 3 aromatic carbocycles. The van der Waals surface area contributed by atoms with Gasteiger partial charge in [0.15, 0.2) is 0 Å². The fourth-order valence-electron chi connectivity index (χ4n) is 4.37. The molecule has 7 heteroatoms.